The number of Topliss-reactive ketones (excluding diaryl/α,β-unsaturated/α-hetero) is 1. The summed E-state index contributed by atoms with van der Waals surface area (Å²) in [5, 5.41) is 0. The molecule has 12 heavy (non-hydrogen) atoms. The zero-order valence-electron chi connectivity index (χ0n) is 8.55. The van der Waals surface area contributed by atoms with Crippen molar-refractivity contribution in [3.8, 4) is 0 Å². The average Bonchev–Trinajstić information content (AvgIpc) is 1.92. The summed E-state index contributed by atoms with van der Waals surface area (Å²) in [6.07, 6.45) is 0.735. The lowest BCUT2D eigenvalue weighted by Gasteiger charge is -2.40. The second-order valence-electron chi connectivity index (χ2n) is 4.73. The third-order valence-electron chi connectivity index (χ3n) is 2.62. The largest absolute Gasteiger partial charge is 0.299 e. The number of hydrogen-bond acceptors (Lipinski definition) is 2. The molecule has 1 atom stereocenters. The van der Waals surface area contributed by atoms with E-state index in [1.807, 2.05) is 6.92 Å². The Bertz CT molecular complexity index is 181. The van der Waals surface area contributed by atoms with Gasteiger partial charge in [-0.3, -0.25) is 9.69 Å². The van der Waals surface area contributed by atoms with E-state index in [0.717, 1.165) is 19.5 Å². The summed E-state index contributed by atoms with van der Waals surface area (Å²) in [6.45, 7) is 10.5. The Morgan fingerprint density at radius 3 is 2.42 bits per heavy atom. The van der Waals surface area contributed by atoms with Gasteiger partial charge in [-0.1, -0.05) is 6.92 Å². The molecule has 0 saturated carbocycles. The Hall–Kier alpha value is -0.370. The zero-order valence-corrected chi connectivity index (χ0v) is 8.55. The van der Waals surface area contributed by atoms with Gasteiger partial charge in [0.15, 0.2) is 0 Å². The lowest BCUT2D eigenvalue weighted by molar-refractivity contribution is -0.126. The Balaban J connectivity index is 2.57. The van der Waals surface area contributed by atoms with Crippen LogP contribution in [0.15, 0.2) is 0 Å². The third kappa shape index (κ3) is 2.07. The molecular formula is C10H19NO. The van der Waals surface area contributed by atoms with Gasteiger partial charge in [-0.2, -0.15) is 0 Å². The van der Waals surface area contributed by atoms with Crippen LogP contribution in [0.3, 0.4) is 0 Å². The Morgan fingerprint density at radius 1 is 1.42 bits per heavy atom. The van der Waals surface area contributed by atoms with Gasteiger partial charge in [-0.05, 0) is 20.8 Å². The number of nitrogens with zero attached hydrogens (tertiary/aromatic N) is 1. The van der Waals surface area contributed by atoms with E-state index < -0.39 is 0 Å². The number of carbonyl (C=O) groups is 1. The molecule has 1 heterocycles. The lowest BCUT2D eigenvalue weighted by atomic mass is 9.94. The minimum atomic E-state index is 0.217. The maximum Gasteiger partial charge on any atom is 0.138 e. The van der Waals surface area contributed by atoms with Crippen molar-refractivity contribution in [1.82, 2.24) is 4.90 Å². The first-order chi connectivity index (χ1) is 5.41. The summed E-state index contributed by atoms with van der Waals surface area (Å²) in [5.41, 5.74) is 0.217. The predicted octanol–water partition coefficient (Wildman–Crippen LogP) is 1.70. The number of rotatable bonds is 0. The van der Waals surface area contributed by atoms with Gasteiger partial charge in [-0.25, -0.2) is 0 Å². The van der Waals surface area contributed by atoms with E-state index in [1.54, 1.807) is 0 Å². The van der Waals surface area contributed by atoms with Crippen molar-refractivity contribution >= 4 is 5.78 Å². The van der Waals surface area contributed by atoms with Crippen molar-refractivity contribution < 1.29 is 4.79 Å². The highest BCUT2D eigenvalue weighted by molar-refractivity contribution is 5.81. The quantitative estimate of drug-likeness (QED) is 0.550. The predicted molar refractivity (Wildman–Crippen MR) is 50.1 cm³/mol. The van der Waals surface area contributed by atoms with Crippen LogP contribution in [0.1, 0.15) is 34.1 Å². The molecule has 0 aliphatic carbocycles. The van der Waals surface area contributed by atoms with Crippen LogP contribution in [-0.2, 0) is 4.79 Å². The van der Waals surface area contributed by atoms with Gasteiger partial charge in [0.25, 0.3) is 0 Å². The summed E-state index contributed by atoms with van der Waals surface area (Å²) in [7, 11) is 0. The van der Waals surface area contributed by atoms with Gasteiger partial charge >= 0.3 is 0 Å². The number of hydrogen-bond donors (Lipinski definition) is 0. The van der Waals surface area contributed by atoms with Gasteiger partial charge in [0.05, 0.1) is 0 Å². The molecule has 0 radical (unpaired) electrons. The molecule has 1 fully saturated rings. The molecule has 2 heteroatoms. The normalized spacial score (nSPS) is 27.7. The highest BCUT2D eigenvalue weighted by atomic mass is 16.1. The van der Waals surface area contributed by atoms with Crippen LogP contribution < -0.4 is 0 Å². The zero-order chi connectivity index (χ0) is 9.35. The van der Waals surface area contributed by atoms with Crippen LogP contribution in [0, 0.1) is 5.92 Å². The van der Waals surface area contributed by atoms with Crippen molar-refractivity contribution in [1.29, 1.82) is 0 Å². The number of piperidine rings is 1. The van der Waals surface area contributed by atoms with Gasteiger partial charge in [0.1, 0.15) is 5.78 Å². The summed E-state index contributed by atoms with van der Waals surface area (Å²) in [5.74, 6) is 0.661. The number of ketones is 1. The maximum atomic E-state index is 11.2. The summed E-state index contributed by atoms with van der Waals surface area (Å²) in [4.78, 5) is 13.6. The standard InChI is InChI=1S/C10H19NO/c1-8-7-11(10(2,3)4)6-5-9(8)12/h8H,5-7H2,1-4H3. The molecule has 0 amide bonds. The molecule has 1 aliphatic heterocycles. The van der Waals surface area contributed by atoms with Crippen LogP contribution in [0.4, 0.5) is 0 Å². The summed E-state index contributed by atoms with van der Waals surface area (Å²) < 4.78 is 0. The van der Waals surface area contributed by atoms with Crippen LogP contribution >= 0.6 is 0 Å². The third-order valence-corrected chi connectivity index (χ3v) is 2.62. The van der Waals surface area contributed by atoms with Gasteiger partial charge in [0.2, 0.25) is 0 Å². The summed E-state index contributed by atoms with van der Waals surface area (Å²) >= 11 is 0. The molecule has 0 bridgehead atoms. The van der Waals surface area contributed by atoms with E-state index >= 15 is 0 Å². The number of carbonyl (C=O) groups excluding carboxylic acids is 1. The Labute approximate surface area is 74.9 Å². The molecule has 0 aromatic heterocycles. The van der Waals surface area contributed by atoms with E-state index in [2.05, 4.69) is 25.7 Å². The van der Waals surface area contributed by atoms with E-state index in [1.165, 1.54) is 0 Å². The molecule has 1 aliphatic rings. The first kappa shape index (κ1) is 9.72. The molecule has 0 spiro atoms. The first-order valence-corrected chi connectivity index (χ1v) is 4.69. The SMILES string of the molecule is CC1CN(C(C)(C)C)CCC1=O. The van der Waals surface area contributed by atoms with Gasteiger partial charge in [0, 0.05) is 31.0 Å². The van der Waals surface area contributed by atoms with Crippen LogP contribution in [0.5, 0.6) is 0 Å². The van der Waals surface area contributed by atoms with E-state index in [0.29, 0.717) is 5.78 Å². The summed E-state index contributed by atoms with van der Waals surface area (Å²) in [6, 6.07) is 0. The first-order valence-electron chi connectivity index (χ1n) is 4.69. The van der Waals surface area contributed by atoms with Crippen LogP contribution in [0.2, 0.25) is 0 Å². The van der Waals surface area contributed by atoms with Gasteiger partial charge < -0.3 is 0 Å². The van der Waals surface area contributed by atoms with E-state index in [9.17, 15) is 4.79 Å². The van der Waals surface area contributed by atoms with Crippen molar-refractivity contribution in [2.75, 3.05) is 13.1 Å². The molecule has 1 saturated heterocycles. The van der Waals surface area contributed by atoms with Crippen molar-refractivity contribution in [2.24, 2.45) is 5.92 Å². The molecule has 0 N–H and O–H groups in total. The molecule has 1 rings (SSSR count). The fraction of sp³-hybridized carbons (Fsp3) is 0.900. The monoisotopic (exact) mass is 169 g/mol. The fourth-order valence-corrected chi connectivity index (χ4v) is 1.62. The average molecular weight is 169 g/mol. The Kier molecular flexibility index (Phi) is 2.57. The maximum absolute atomic E-state index is 11.2. The van der Waals surface area contributed by atoms with Crippen molar-refractivity contribution in [2.45, 2.75) is 39.7 Å². The highest BCUT2D eigenvalue weighted by Gasteiger charge is 2.29. The molecule has 1 unspecified atom stereocenters. The van der Waals surface area contributed by atoms with Crippen molar-refractivity contribution in [3.63, 3.8) is 0 Å². The number of likely N-dealkylation sites (tertiary alicyclic amines) is 1. The highest BCUT2D eigenvalue weighted by Crippen LogP contribution is 2.20. The van der Waals surface area contributed by atoms with E-state index in [-0.39, 0.29) is 11.5 Å². The molecule has 0 aromatic rings. The van der Waals surface area contributed by atoms with Gasteiger partial charge in [-0.15, -0.1) is 0 Å². The minimum absolute atomic E-state index is 0.217. The van der Waals surface area contributed by atoms with Crippen LogP contribution in [-0.4, -0.2) is 29.3 Å². The molecule has 2 nitrogen and oxygen atoms in total. The molecule has 0 aromatic carbocycles. The Morgan fingerprint density at radius 2 is 2.00 bits per heavy atom. The second-order valence-corrected chi connectivity index (χ2v) is 4.73. The lowest BCUT2D eigenvalue weighted by Crippen LogP contribution is -2.49. The second kappa shape index (κ2) is 3.17. The fourth-order valence-electron chi connectivity index (χ4n) is 1.62. The minimum Gasteiger partial charge on any atom is -0.299 e. The van der Waals surface area contributed by atoms with E-state index in [4.69, 9.17) is 0 Å². The van der Waals surface area contributed by atoms with Crippen molar-refractivity contribution in [3.05, 3.63) is 0 Å². The molecule has 70 valence electrons. The topological polar surface area (TPSA) is 20.3 Å². The molecular weight excluding hydrogens is 150 g/mol. The smallest absolute Gasteiger partial charge is 0.138 e. The van der Waals surface area contributed by atoms with Crippen LogP contribution in [0.25, 0.3) is 0 Å².